The van der Waals surface area contributed by atoms with Gasteiger partial charge in [-0.15, -0.1) is 0 Å². The van der Waals surface area contributed by atoms with Crippen LogP contribution in [0.25, 0.3) is 0 Å². The molecule has 0 radical (unpaired) electrons. The monoisotopic (exact) mass is 239 g/mol. The van der Waals surface area contributed by atoms with E-state index in [0.717, 1.165) is 22.7 Å². The van der Waals surface area contributed by atoms with Gasteiger partial charge in [-0.3, -0.25) is 4.79 Å². The molecule has 18 heavy (non-hydrogen) atoms. The molecule has 90 valence electrons. The number of hydrogen-bond acceptors (Lipinski definition) is 3. The van der Waals surface area contributed by atoms with Crippen LogP contribution in [0.4, 0.5) is 11.4 Å². The third-order valence-electron chi connectivity index (χ3n) is 3.06. The lowest BCUT2D eigenvalue weighted by Gasteiger charge is -2.08. The smallest absolute Gasteiger partial charge is 0.159 e. The highest BCUT2D eigenvalue weighted by Crippen LogP contribution is 2.33. The summed E-state index contributed by atoms with van der Waals surface area (Å²) in [5.41, 5.74) is 3.63. The van der Waals surface area contributed by atoms with Crippen molar-refractivity contribution in [3.05, 3.63) is 53.6 Å². The third kappa shape index (κ3) is 1.84. The summed E-state index contributed by atoms with van der Waals surface area (Å²) in [4.78, 5) is 11.4. The molecule has 0 bridgehead atoms. The van der Waals surface area contributed by atoms with Crippen LogP contribution in [0, 0.1) is 0 Å². The minimum atomic E-state index is 0.0676. The second kappa shape index (κ2) is 4.18. The fourth-order valence-corrected chi connectivity index (χ4v) is 2.03. The van der Waals surface area contributed by atoms with Gasteiger partial charge in [0.15, 0.2) is 5.78 Å². The Morgan fingerprint density at radius 2 is 2.00 bits per heavy atom. The van der Waals surface area contributed by atoms with Crippen LogP contribution in [0.2, 0.25) is 0 Å². The summed E-state index contributed by atoms with van der Waals surface area (Å²) in [5, 5.41) is 3.32. The average molecular weight is 239 g/mol. The Morgan fingerprint density at radius 3 is 2.83 bits per heavy atom. The van der Waals surface area contributed by atoms with Gasteiger partial charge in [-0.1, -0.05) is 24.3 Å². The SMILES string of the molecule is CC(=O)c1ccc2c(c1)Nc1ccccc1OC2. The summed E-state index contributed by atoms with van der Waals surface area (Å²) in [5.74, 6) is 0.899. The number of fused-ring (bicyclic) bond motifs is 2. The largest absolute Gasteiger partial charge is 0.487 e. The summed E-state index contributed by atoms with van der Waals surface area (Å²) in [7, 11) is 0. The van der Waals surface area contributed by atoms with Crippen molar-refractivity contribution in [3.63, 3.8) is 0 Å². The van der Waals surface area contributed by atoms with Crippen LogP contribution in [0.5, 0.6) is 5.75 Å². The lowest BCUT2D eigenvalue weighted by atomic mass is 10.1. The first-order chi connectivity index (χ1) is 8.74. The molecule has 0 saturated heterocycles. The molecule has 0 aromatic heterocycles. The zero-order valence-corrected chi connectivity index (χ0v) is 10.1. The summed E-state index contributed by atoms with van der Waals surface area (Å²) in [6.07, 6.45) is 0. The molecule has 0 unspecified atom stereocenters. The maximum atomic E-state index is 11.4. The normalized spacial score (nSPS) is 12.5. The van der Waals surface area contributed by atoms with Crippen molar-refractivity contribution in [2.24, 2.45) is 0 Å². The summed E-state index contributed by atoms with van der Waals surface area (Å²) in [6, 6.07) is 13.4. The minimum Gasteiger partial charge on any atom is -0.487 e. The first kappa shape index (κ1) is 10.8. The van der Waals surface area contributed by atoms with E-state index in [2.05, 4.69) is 5.32 Å². The van der Waals surface area contributed by atoms with Crippen molar-refractivity contribution >= 4 is 17.2 Å². The number of carbonyl (C=O) groups excluding carboxylic acids is 1. The van der Waals surface area contributed by atoms with E-state index in [1.54, 1.807) is 6.92 Å². The molecule has 0 aliphatic carbocycles. The Hall–Kier alpha value is -2.29. The van der Waals surface area contributed by atoms with Crippen molar-refractivity contribution in [1.82, 2.24) is 0 Å². The Bertz CT molecular complexity index is 620. The number of carbonyl (C=O) groups is 1. The van der Waals surface area contributed by atoms with Gasteiger partial charge in [0, 0.05) is 16.8 Å². The molecule has 2 aromatic rings. The molecule has 1 aliphatic heterocycles. The summed E-state index contributed by atoms with van der Waals surface area (Å²) in [6.45, 7) is 2.08. The highest BCUT2D eigenvalue weighted by molar-refractivity contribution is 5.95. The number of rotatable bonds is 1. The van der Waals surface area contributed by atoms with E-state index >= 15 is 0 Å². The van der Waals surface area contributed by atoms with E-state index in [0.29, 0.717) is 12.2 Å². The van der Waals surface area contributed by atoms with Gasteiger partial charge in [0.2, 0.25) is 0 Å². The second-order valence-electron chi connectivity index (χ2n) is 4.34. The van der Waals surface area contributed by atoms with E-state index < -0.39 is 0 Å². The molecular formula is C15H13NO2. The van der Waals surface area contributed by atoms with Gasteiger partial charge in [0.05, 0.1) is 5.69 Å². The van der Waals surface area contributed by atoms with Crippen molar-refractivity contribution in [3.8, 4) is 5.75 Å². The predicted molar refractivity (Wildman–Crippen MR) is 70.5 cm³/mol. The molecule has 0 atom stereocenters. The van der Waals surface area contributed by atoms with Gasteiger partial charge >= 0.3 is 0 Å². The summed E-state index contributed by atoms with van der Waals surface area (Å²) < 4.78 is 5.73. The molecule has 0 saturated carbocycles. The number of para-hydroxylation sites is 2. The van der Waals surface area contributed by atoms with Crippen LogP contribution in [0.3, 0.4) is 0 Å². The molecular weight excluding hydrogens is 226 g/mol. The van der Waals surface area contributed by atoms with Gasteiger partial charge < -0.3 is 10.1 Å². The summed E-state index contributed by atoms with van der Waals surface area (Å²) >= 11 is 0. The zero-order valence-electron chi connectivity index (χ0n) is 10.1. The molecule has 3 heteroatoms. The molecule has 3 nitrogen and oxygen atoms in total. The van der Waals surface area contributed by atoms with Crippen LogP contribution < -0.4 is 10.1 Å². The topological polar surface area (TPSA) is 38.3 Å². The van der Waals surface area contributed by atoms with Crippen molar-refractivity contribution in [1.29, 1.82) is 0 Å². The van der Waals surface area contributed by atoms with Crippen molar-refractivity contribution in [2.75, 3.05) is 5.32 Å². The lowest BCUT2D eigenvalue weighted by molar-refractivity contribution is 0.101. The lowest BCUT2D eigenvalue weighted by Crippen LogP contribution is -1.98. The van der Waals surface area contributed by atoms with E-state index in [1.807, 2.05) is 42.5 Å². The molecule has 2 aromatic carbocycles. The van der Waals surface area contributed by atoms with Crippen molar-refractivity contribution < 1.29 is 9.53 Å². The van der Waals surface area contributed by atoms with Gasteiger partial charge in [-0.05, 0) is 25.1 Å². The Kier molecular flexibility index (Phi) is 2.52. The molecule has 1 aliphatic rings. The van der Waals surface area contributed by atoms with E-state index in [9.17, 15) is 4.79 Å². The van der Waals surface area contributed by atoms with Crippen LogP contribution >= 0.6 is 0 Å². The highest BCUT2D eigenvalue weighted by atomic mass is 16.5. The van der Waals surface area contributed by atoms with Gasteiger partial charge in [-0.2, -0.15) is 0 Å². The maximum absolute atomic E-state index is 11.4. The van der Waals surface area contributed by atoms with Crippen molar-refractivity contribution in [2.45, 2.75) is 13.5 Å². The van der Waals surface area contributed by atoms with Crippen LogP contribution in [0.1, 0.15) is 22.8 Å². The van der Waals surface area contributed by atoms with E-state index in [1.165, 1.54) is 0 Å². The number of ketones is 1. The molecule has 0 spiro atoms. The first-order valence-corrected chi connectivity index (χ1v) is 5.87. The minimum absolute atomic E-state index is 0.0676. The van der Waals surface area contributed by atoms with E-state index in [-0.39, 0.29) is 5.78 Å². The van der Waals surface area contributed by atoms with Crippen LogP contribution in [-0.2, 0) is 6.61 Å². The second-order valence-corrected chi connectivity index (χ2v) is 4.34. The van der Waals surface area contributed by atoms with Gasteiger partial charge in [0.1, 0.15) is 12.4 Å². The standard InChI is InChI=1S/C15H13NO2/c1-10(17)11-6-7-12-9-18-15-5-3-2-4-13(15)16-14(12)8-11/h2-8,16H,9H2,1H3. The Labute approximate surface area is 105 Å². The number of benzene rings is 2. The molecule has 0 fully saturated rings. The number of ether oxygens (including phenoxy) is 1. The molecule has 1 heterocycles. The Balaban J connectivity index is 2.07. The average Bonchev–Trinajstić information content (AvgIpc) is 2.56. The number of hydrogen-bond donors (Lipinski definition) is 1. The number of nitrogens with one attached hydrogen (secondary N) is 1. The quantitative estimate of drug-likeness (QED) is 0.774. The van der Waals surface area contributed by atoms with E-state index in [4.69, 9.17) is 4.74 Å². The Morgan fingerprint density at radius 1 is 1.17 bits per heavy atom. The predicted octanol–water partition coefficient (Wildman–Crippen LogP) is 3.53. The van der Waals surface area contributed by atoms with Gasteiger partial charge in [0.25, 0.3) is 0 Å². The number of anilines is 2. The maximum Gasteiger partial charge on any atom is 0.159 e. The molecule has 0 amide bonds. The molecule has 3 rings (SSSR count). The fourth-order valence-electron chi connectivity index (χ4n) is 2.03. The highest BCUT2D eigenvalue weighted by Gasteiger charge is 2.14. The first-order valence-electron chi connectivity index (χ1n) is 5.87. The number of Topliss-reactive ketones (excluding diaryl/α,β-unsaturated/α-hetero) is 1. The zero-order chi connectivity index (χ0) is 12.5. The van der Waals surface area contributed by atoms with Crippen LogP contribution in [-0.4, -0.2) is 5.78 Å². The molecule has 1 N–H and O–H groups in total. The third-order valence-corrected chi connectivity index (χ3v) is 3.06. The van der Waals surface area contributed by atoms with Gasteiger partial charge in [-0.25, -0.2) is 0 Å². The fraction of sp³-hybridized carbons (Fsp3) is 0.133. The van der Waals surface area contributed by atoms with Crippen LogP contribution in [0.15, 0.2) is 42.5 Å².